The van der Waals surface area contributed by atoms with Crippen LogP contribution < -0.4 is 19.1 Å². The largest absolute Gasteiger partial charge is 0.493 e. The highest BCUT2D eigenvalue weighted by molar-refractivity contribution is 7.92. The Hall–Kier alpha value is -4.05. The predicted octanol–water partition coefficient (Wildman–Crippen LogP) is 3.45. The molecule has 38 heavy (non-hydrogen) atoms. The summed E-state index contributed by atoms with van der Waals surface area (Å²) in [4.78, 5) is 27.8. The summed E-state index contributed by atoms with van der Waals surface area (Å²) in [6.07, 6.45) is 0. The Bertz CT molecular complexity index is 1330. The molecular formula is C28H33N3O6S. The molecule has 0 spiro atoms. The van der Waals surface area contributed by atoms with Gasteiger partial charge in [-0.3, -0.25) is 13.9 Å². The number of sulfonamides is 1. The summed E-state index contributed by atoms with van der Waals surface area (Å²) in [5.41, 5.74) is 1.12. The van der Waals surface area contributed by atoms with Crippen LogP contribution in [0.5, 0.6) is 11.5 Å². The van der Waals surface area contributed by atoms with Gasteiger partial charge in [-0.2, -0.15) is 0 Å². The molecule has 202 valence electrons. The van der Waals surface area contributed by atoms with Crippen LogP contribution in [0.25, 0.3) is 0 Å². The van der Waals surface area contributed by atoms with Gasteiger partial charge in [0.1, 0.15) is 12.6 Å². The summed E-state index contributed by atoms with van der Waals surface area (Å²) in [7, 11) is -1.35. The summed E-state index contributed by atoms with van der Waals surface area (Å²) >= 11 is 0. The summed E-state index contributed by atoms with van der Waals surface area (Å²) in [5, 5.41) is 2.74. The zero-order valence-corrected chi connectivity index (χ0v) is 22.8. The Morgan fingerprint density at radius 1 is 0.895 bits per heavy atom. The molecule has 0 bridgehead atoms. The highest BCUT2D eigenvalue weighted by Crippen LogP contribution is 2.32. The van der Waals surface area contributed by atoms with Crippen molar-refractivity contribution in [3.8, 4) is 11.5 Å². The molecule has 3 aromatic rings. The average Bonchev–Trinajstić information content (AvgIpc) is 2.94. The van der Waals surface area contributed by atoms with Crippen molar-refractivity contribution in [1.29, 1.82) is 0 Å². The number of carbonyl (C=O) groups excluding carboxylic acids is 2. The second kappa shape index (κ2) is 13.0. The molecule has 0 aliphatic heterocycles. The van der Waals surface area contributed by atoms with E-state index in [1.807, 2.05) is 30.3 Å². The summed E-state index contributed by atoms with van der Waals surface area (Å²) < 4.78 is 39.4. The maximum atomic E-state index is 13.9. The number of para-hydroxylation sites is 1. The van der Waals surface area contributed by atoms with Gasteiger partial charge in [0.25, 0.3) is 10.0 Å². The molecule has 0 radical (unpaired) electrons. The maximum Gasteiger partial charge on any atom is 0.264 e. The molecule has 1 N–H and O–H groups in total. The molecule has 3 rings (SSSR count). The van der Waals surface area contributed by atoms with Crippen molar-refractivity contribution < 1.29 is 27.5 Å². The number of amides is 2. The number of anilines is 1. The number of nitrogens with one attached hydrogen (secondary N) is 1. The van der Waals surface area contributed by atoms with E-state index < -0.39 is 28.5 Å². The quantitative estimate of drug-likeness (QED) is 0.378. The van der Waals surface area contributed by atoms with Gasteiger partial charge in [-0.25, -0.2) is 8.42 Å². The number of hydrogen-bond acceptors (Lipinski definition) is 6. The standard InChI is InChI=1S/C28H33N3O6S/c1-5-29-28(33)21(2)30(19-22-12-8-6-9-13-22)27(32)20-31(23-14-10-7-11-15-23)38(34,35)24-16-17-25(36-3)26(18-24)37-4/h6-18,21H,5,19-20H2,1-4H3,(H,29,33)/t21-/m1/s1. The SMILES string of the molecule is CCNC(=O)[C@@H](C)N(Cc1ccccc1)C(=O)CN(c1ccccc1)S(=O)(=O)c1ccc(OC)c(OC)c1. The molecule has 3 aromatic carbocycles. The first-order valence-electron chi connectivity index (χ1n) is 12.1. The van der Waals surface area contributed by atoms with Crippen LogP contribution >= 0.6 is 0 Å². The van der Waals surface area contributed by atoms with Crippen molar-refractivity contribution in [2.45, 2.75) is 31.3 Å². The number of benzene rings is 3. The van der Waals surface area contributed by atoms with Crippen LogP contribution in [0.1, 0.15) is 19.4 Å². The molecule has 10 heteroatoms. The zero-order valence-electron chi connectivity index (χ0n) is 22.0. The predicted molar refractivity (Wildman–Crippen MR) is 146 cm³/mol. The van der Waals surface area contributed by atoms with Crippen LogP contribution in [0, 0.1) is 0 Å². The van der Waals surface area contributed by atoms with Crippen LogP contribution in [0.15, 0.2) is 83.8 Å². The van der Waals surface area contributed by atoms with E-state index >= 15 is 0 Å². The summed E-state index contributed by atoms with van der Waals surface area (Å²) in [6, 6.07) is 21.0. The lowest BCUT2D eigenvalue weighted by atomic mass is 10.1. The maximum absolute atomic E-state index is 13.9. The smallest absolute Gasteiger partial charge is 0.264 e. The lowest BCUT2D eigenvalue weighted by molar-refractivity contribution is -0.139. The van der Waals surface area contributed by atoms with Gasteiger partial charge in [0.15, 0.2) is 11.5 Å². The third kappa shape index (κ3) is 6.63. The number of ether oxygens (including phenoxy) is 2. The third-order valence-electron chi connectivity index (χ3n) is 5.98. The molecule has 9 nitrogen and oxygen atoms in total. The van der Waals surface area contributed by atoms with E-state index in [0.29, 0.717) is 18.0 Å². The van der Waals surface area contributed by atoms with Crippen LogP contribution in [-0.2, 0) is 26.2 Å². The van der Waals surface area contributed by atoms with E-state index in [0.717, 1.165) is 9.87 Å². The highest BCUT2D eigenvalue weighted by Gasteiger charge is 2.32. The molecule has 0 aromatic heterocycles. The highest BCUT2D eigenvalue weighted by atomic mass is 32.2. The Morgan fingerprint density at radius 2 is 1.50 bits per heavy atom. The lowest BCUT2D eigenvalue weighted by Gasteiger charge is -2.32. The fourth-order valence-electron chi connectivity index (χ4n) is 3.91. The lowest BCUT2D eigenvalue weighted by Crippen LogP contribution is -2.51. The fourth-order valence-corrected chi connectivity index (χ4v) is 5.34. The minimum Gasteiger partial charge on any atom is -0.493 e. The van der Waals surface area contributed by atoms with Crippen molar-refractivity contribution in [3.05, 3.63) is 84.4 Å². The van der Waals surface area contributed by atoms with E-state index in [4.69, 9.17) is 9.47 Å². The van der Waals surface area contributed by atoms with Crippen molar-refractivity contribution in [3.63, 3.8) is 0 Å². The Balaban J connectivity index is 2.03. The van der Waals surface area contributed by atoms with E-state index in [-0.39, 0.29) is 23.1 Å². The third-order valence-corrected chi connectivity index (χ3v) is 7.75. The Labute approximate surface area is 224 Å². The number of nitrogens with zero attached hydrogens (tertiary/aromatic N) is 2. The van der Waals surface area contributed by atoms with Gasteiger partial charge >= 0.3 is 0 Å². The molecule has 0 aliphatic carbocycles. The molecule has 0 saturated carbocycles. The molecule has 0 unspecified atom stereocenters. The number of methoxy groups -OCH3 is 2. The van der Waals surface area contributed by atoms with Gasteiger partial charge in [-0.05, 0) is 43.7 Å². The summed E-state index contributed by atoms with van der Waals surface area (Å²) in [6.45, 7) is 3.44. The number of carbonyl (C=O) groups is 2. The van der Waals surface area contributed by atoms with Crippen LogP contribution in [0.4, 0.5) is 5.69 Å². The van der Waals surface area contributed by atoms with Gasteiger partial charge in [0.2, 0.25) is 11.8 Å². The fraction of sp³-hybridized carbons (Fsp3) is 0.286. The topological polar surface area (TPSA) is 105 Å². The van der Waals surface area contributed by atoms with Crippen molar-refractivity contribution in [1.82, 2.24) is 10.2 Å². The van der Waals surface area contributed by atoms with E-state index in [2.05, 4.69) is 5.32 Å². The first kappa shape index (κ1) is 28.5. The van der Waals surface area contributed by atoms with E-state index in [1.54, 1.807) is 44.2 Å². The van der Waals surface area contributed by atoms with Gasteiger partial charge < -0.3 is 19.7 Å². The van der Waals surface area contributed by atoms with Crippen LogP contribution in [-0.4, -0.2) is 58.5 Å². The van der Waals surface area contributed by atoms with Gasteiger partial charge in [0.05, 0.1) is 24.8 Å². The van der Waals surface area contributed by atoms with Crippen molar-refractivity contribution in [2.75, 3.05) is 31.6 Å². The first-order chi connectivity index (χ1) is 18.2. The van der Waals surface area contributed by atoms with E-state index in [9.17, 15) is 18.0 Å². The van der Waals surface area contributed by atoms with Gasteiger partial charge in [0, 0.05) is 19.2 Å². The molecule has 1 atom stereocenters. The zero-order chi connectivity index (χ0) is 27.7. The first-order valence-corrected chi connectivity index (χ1v) is 13.6. The van der Waals surface area contributed by atoms with Crippen LogP contribution in [0.3, 0.4) is 0 Å². The Morgan fingerprint density at radius 3 is 2.08 bits per heavy atom. The molecule has 0 saturated heterocycles. The Kier molecular flexibility index (Phi) is 9.72. The second-order valence-electron chi connectivity index (χ2n) is 8.44. The van der Waals surface area contributed by atoms with Crippen molar-refractivity contribution in [2.24, 2.45) is 0 Å². The van der Waals surface area contributed by atoms with Crippen LogP contribution in [0.2, 0.25) is 0 Å². The average molecular weight is 540 g/mol. The molecule has 0 fully saturated rings. The molecule has 0 heterocycles. The summed E-state index contributed by atoms with van der Waals surface area (Å²) in [5.74, 6) is -0.242. The molecule has 2 amide bonds. The number of likely N-dealkylation sites (N-methyl/N-ethyl adjacent to an activating group) is 1. The number of hydrogen-bond donors (Lipinski definition) is 1. The molecular weight excluding hydrogens is 506 g/mol. The van der Waals surface area contributed by atoms with E-state index in [1.165, 1.54) is 37.3 Å². The normalized spacial score (nSPS) is 11.8. The second-order valence-corrected chi connectivity index (χ2v) is 10.3. The van der Waals surface area contributed by atoms with Gasteiger partial charge in [-0.15, -0.1) is 0 Å². The monoisotopic (exact) mass is 539 g/mol. The number of rotatable bonds is 12. The minimum absolute atomic E-state index is 0.0711. The molecule has 0 aliphatic rings. The minimum atomic E-state index is -4.22. The van der Waals surface area contributed by atoms with Gasteiger partial charge in [-0.1, -0.05) is 48.5 Å². The van der Waals surface area contributed by atoms with Crippen molar-refractivity contribution >= 4 is 27.5 Å².